The Bertz CT molecular complexity index is 1080. The van der Waals surface area contributed by atoms with Crippen LogP contribution in [0.25, 0.3) is 11.1 Å². The molecule has 3 rings (SSSR count). The van der Waals surface area contributed by atoms with Gasteiger partial charge in [0.05, 0.1) is 31.0 Å². The lowest BCUT2D eigenvalue weighted by Gasteiger charge is -2.14. The van der Waals surface area contributed by atoms with Crippen LogP contribution in [0.5, 0.6) is 17.2 Å². The van der Waals surface area contributed by atoms with Crippen molar-refractivity contribution >= 4 is 17.6 Å². The van der Waals surface area contributed by atoms with Crippen molar-refractivity contribution in [2.24, 2.45) is 0 Å². The largest absolute Gasteiger partial charge is 0.507 e. The maximum Gasteiger partial charge on any atom is 0.337 e. The summed E-state index contributed by atoms with van der Waals surface area (Å²) in [6.45, 7) is 0. The highest BCUT2D eigenvalue weighted by Gasteiger charge is 2.18. The van der Waals surface area contributed by atoms with E-state index < -0.39 is 11.9 Å². The third kappa shape index (κ3) is 4.14. The number of ether oxygens (including phenoxy) is 2. The fourth-order valence-corrected chi connectivity index (χ4v) is 2.90. The zero-order valence-electron chi connectivity index (χ0n) is 15.8. The Labute approximate surface area is 167 Å². The van der Waals surface area contributed by atoms with Crippen LogP contribution in [0, 0.1) is 0 Å². The van der Waals surface area contributed by atoms with E-state index in [0.29, 0.717) is 17.1 Å². The summed E-state index contributed by atoms with van der Waals surface area (Å²) >= 11 is 0. The van der Waals surface area contributed by atoms with E-state index in [4.69, 9.17) is 9.47 Å². The average molecular weight is 393 g/mol. The summed E-state index contributed by atoms with van der Waals surface area (Å²) in [5, 5.41) is 22.1. The lowest BCUT2D eigenvalue weighted by Crippen LogP contribution is -2.15. The topological polar surface area (TPSA) is 105 Å². The van der Waals surface area contributed by atoms with Gasteiger partial charge < -0.3 is 25.0 Å². The van der Waals surface area contributed by atoms with Gasteiger partial charge in [-0.05, 0) is 42.0 Å². The van der Waals surface area contributed by atoms with Gasteiger partial charge in [-0.25, -0.2) is 4.79 Å². The number of carboxylic acids is 1. The first kappa shape index (κ1) is 19.8. The lowest BCUT2D eigenvalue weighted by atomic mass is 10.0. The quantitative estimate of drug-likeness (QED) is 0.584. The number of hydrogen-bond acceptors (Lipinski definition) is 5. The molecule has 0 aromatic heterocycles. The summed E-state index contributed by atoms with van der Waals surface area (Å²) in [7, 11) is 2.98. The number of rotatable bonds is 6. The standard InChI is InChI=1S/C22H19NO6/c1-28-14-8-10-19(24)17(12-14)21(25)23-18-11-13(7-9-16(18)22(26)27)15-5-3-4-6-20(15)29-2/h3-12,24H,1-2H3,(H,23,25)(H,26,27). The average Bonchev–Trinajstić information content (AvgIpc) is 2.73. The molecule has 0 aliphatic carbocycles. The highest BCUT2D eigenvalue weighted by atomic mass is 16.5. The molecule has 0 saturated carbocycles. The van der Waals surface area contributed by atoms with Gasteiger partial charge in [0, 0.05) is 5.56 Å². The minimum atomic E-state index is -1.19. The Hall–Kier alpha value is -4.00. The zero-order valence-corrected chi connectivity index (χ0v) is 15.8. The number of aromatic carboxylic acids is 1. The summed E-state index contributed by atoms with van der Waals surface area (Å²) in [6.07, 6.45) is 0. The van der Waals surface area contributed by atoms with E-state index in [-0.39, 0.29) is 22.6 Å². The fraction of sp³-hybridized carbons (Fsp3) is 0.0909. The number of benzene rings is 3. The van der Waals surface area contributed by atoms with Crippen LogP contribution in [0.2, 0.25) is 0 Å². The Morgan fingerprint density at radius 3 is 2.34 bits per heavy atom. The van der Waals surface area contributed by atoms with E-state index >= 15 is 0 Å². The second-order valence-corrected chi connectivity index (χ2v) is 6.10. The molecule has 0 bridgehead atoms. The molecule has 0 spiro atoms. The van der Waals surface area contributed by atoms with E-state index in [1.165, 1.54) is 31.4 Å². The minimum absolute atomic E-state index is 0.0385. The molecule has 3 aromatic rings. The van der Waals surface area contributed by atoms with E-state index in [9.17, 15) is 19.8 Å². The first-order chi connectivity index (χ1) is 13.9. The van der Waals surface area contributed by atoms with Crippen molar-refractivity contribution in [2.45, 2.75) is 0 Å². The Kier molecular flexibility index (Phi) is 5.69. The number of phenols is 1. The SMILES string of the molecule is COc1ccc(O)c(C(=O)Nc2cc(-c3ccccc3OC)ccc2C(=O)O)c1. The van der Waals surface area contributed by atoms with Crippen molar-refractivity contribution < 1.29 is 29.3 Å². The van der Waals surface area contributed by atoms with Gasteiger partial charge in [-0.1, -0.05) is 24.3 Å². The van der Waals surface area contributed by atoms with Crippen LogP contribution in [0.15, 0.2) is 60.7 Å². The molecule has 3 aromatic carbocycles. The highest BCUT2D eigenvalue weighted by molar-refractivity contribution is 6.09. The molecule has 29 heavy (non-hydrogen) atoms. The van der Waals surface area contributed by atoms with Crippen molar-refractivity contribution in [3.63, 3.8) is 0 Å². The van der Waals surface area contributed by atoms with Gasteiger partial charge >= 0.3 is 5.97 Å². The number of carboxylic acid groups (broad SMARTS) is 1. The predicted molar refractivity (Wildman–Crippen MR) is 108 cm³/mol. The zero-order chi connectivity index (χ0) is 21.0. The van der Waals surface area contributed by atoms with E-state index in [1.807, 2.05) is 18.2 Å². The first-order valence-electron chi connectivity index (χ1n) is 8.63. The molecule has 0 saturated heterocycles. The van der Waals surface area contributed by atoms with Crippen molar-refractivity contribution in [3.8, 4) is 28.4 Å². The molecule has 3 N–H and O–H groups in total. The molecular weight excluding hydrogens is 374 g/mol. The van der Waals surface area contributed by atoms with Gasteiger partial charge in [0.25, 0.3) is 5.91 Å². The van der Waals surface area contributed by atoms with Crippen LogP contribution in [0.3, 0.4) is 0 Å². The third-order valence-corrected chi connectivity index (χ3v) is 4.36. The van der Waals surface area contributed by atoms with Crippen molar-refractivity contribution in [1.82, 2.24) is 0 Å². The normalized spacial score (nSPS) is 10.3. The maximum atomic E-state index is 12.7. The van der Waals surface area contributed by atoms with Crippen molar-refractivity contribution in [3.05, 3.63) is 71.8 Å². The van der Waals surface area contributed by atoms with Crippen LogP contribution in [0.1, 0.15) is 20.7 Å². The maximum absolute atomic E-state index is 12.7. The number of methoxy groups -OCH3 is 2. The molecule has 0 atom stereocenters. The molecule has 7 heteroatoms. The second-order valence-electron chi connectivity index (χ2n) is 6.10. The third-order valence-electron chi connectivity index (χ3n) is 4.36. The molecule has 0 unspecified atom stereocenters. The lowest BCUT2D eigenvalue weighted by molar-refractivity contribution is 0.0698. The monoisotopic (exact) mass is 393 g/mol. The van der Waals surface area contributed by atoms with Crippen LogP contribution in [-0.2, 0) is 0 Å². The summed E-state index contributed by atoms with van der Waals surface area (Å²) in [5.74, 6) is -1.11. The van der Waals surface area contributed by atoms with Crippen molar-refractivity contribution in [1.29, 1.82) is 0 Å². The number of nitrogens with one attached hydrogen (secondary N) is 1. The number of aromatic hydroxyl groups is 1. The van der Waals surface area contributed by atoms with E-state index in [0.717, 1.165) is 5.56 Å². The molecule has 1 amide bonds. The Morgan fingerprint density at radius 2 is 1.66 bits per heavy atom. The summed E-state index contributed by atoms with van der Waals surface area (Å²) < 4.78 is 10.4. The minimum Gasteiger partial charge on any atom is -0.507 e. The van der Waals surface area contributed by atoms with Gasteiger partial charge in [0.1, 0.15) is 17.2 Å². The number of para-hydroxylation sites is 1. The number of amides is 1. The van der Waals surface area contributed by atoms with Gasteiger partial charge in [0.2, 0.25) is 0 Å². The first-order valence-corrected chi connectivity index (χ1v) is 8.63. The van der Waals surface area contributed by atoms with Crippen LogP contribution in [-0.4, -0.2) is 36.3 Å². The van der Waals surface area contributed by atoms with Gasteiger partial charge in [-0.2, -0.15) is 0 Å². The molecule has 0 aliphatic heterocycles. The van der Waals surface area contributed by atoms with Gasteiger partial charge in [-0.3, -0.25) is 4.79 Å². The summed E-state index contributed by atoms with van der Waals surface area (Å²) in [6, 6.07) is 16.1. The van der Waals surface area contributed by atoms with Gasteiger partial charge in [0.15, 0.2) is 0 Å². The number of hydrogen-bond donors (Lipinski definition) is 3. The van der Waals surface area contributed by atoms with E-state index in [2.05, 4.69) is 5.32 Å². The number of carbonyl (C=O) groups is 2. The number of phenolic OH excluding ortho intramolecular Hbond substituents is 1. The number of carbonyl (C=O) groups excluding carboxylic acids is 1. The van der Waals surface area contributed by atoms with Crippen LogP contribution >= 0.6 is 0 Å². The van der Waals surface area contributed by atoms with Crippen molar-refractivity contribution in [2.75, 3.05) is 19.5 Å². The van der Waals surface area contributed by atoms with Gasteiger partial charge in [-0.15, -0.1) is 0 Å². The molecule has 0 fully saturated rings. The van der Waals surface area contributed by atoms with Crippen LogP contribution < -0.4 is 14.8 Å². The molecule has 0 heterocycles. The summed E-state index contributed by atoms with van der Waals surface area (Å²) in [4.78, 5) is 24.3. The second kappa shape index (κ2) is 8.35. The fourth-order valence-electron chi connectivity index (χ4n) is 2.90. The predicted octanol–water partition coefficient (Wildman–Crippen LogP) is 4.03. The smallest absolute Gasteiger partial charge is 0.337 e. The molecular formula is C22H19NO6. The molecule has 7 nitrogen and oxygen atoms in total. The Morgan fingerprint density at radius 1 is 0.897 bits per heavy atom. The molecule has 0 radical (unpaired) electrons. The number of anilines is 1. The summed E-state index contributed by atoms with van der Waals surface area (Å²) in [5.41, 5.74) is 1.38. The van der Waals surface area contributed by atoms with Crippen LogP contribution in [0.4, 0.5) is 5.69 Å². The highest BCUT2D eigenvalue weighted by Crippen LogP contribution is 2.33. The molecule has 148 valence electrons. The van der Waals surface area contributed by atoms with E-state index in [1.54, 1.807) is 25.3 Å². The molecule has 0 aliphatic rings. The Balaban J connectivity index is 2.03.